The molecule has 1 aliphatic rings. The Labute approximate surface area is 148 Å². The number of hydrogen-bond acceptors (Lipinski definition) is 5. The minimum atomic E-state index is -0.261. The first kappa shape index (κ1) is 17.6. The lowest BCUT2D eigenvalue weighted by atomic mass is 10.2. The van der Waals surface area contributed by atoms with Gasteiger partial charge < -0.3 is 15.0 Å². The molecule has 0 bridgehead atoms. The molecule has 3 rings (SSSR count). The molecule has 0 saturated carbocycles. The van der Waals surface area contributed by atoms with Crippen LogP contribution in [0, 0.1) is 5.82 Å². The summed E-state index contributed by atoms with van der Waals surface area (Å²) in [7, 11) is 0. The Bertz CT molecular complexity index is 697. The van der Waals surface area contributed by atoms with Gasteiger partial charge in [0.1, 0.15) is 11.6 Å². The first-order valence-electron chi connectivity index (χ1n) is 8.84. The van der Waals surface area contributed by atoms with Crippen LogP contribution in [-0.4, -0.2) is 35.3 Å². The monoisotopic (exact) mass is 344 g/mol. The van der Waals surface area contributed by atoms with Crippen LogP contribution in [0.15, 0.2) is 30.3 Å². The fraction of sp³-hybridized carbons (Fsp3) is 0.474. The number of aromatic nitrogens is 2. The second kappa shape index (κ2) is 7.78. The van der Waals surface area contributed by atoms with Gasteiger partial charge in [0.2, 0.25) is 5.95 Å². The van der Waals surface area contributed by atoms with Crippen molar-refractivity contribution < 1.29 is 9.13 Å². The van der Waals surface area contributed by atoms with E-state index in [0.29, 0.717) is 5.95 Å². The van der Waals surface area contributed by atoms with Gasteiger partial charge in [-0.15, -0.1) is 0 Å². The number of benzene rings is 1. The molecular weight excluding hydrogens is 319 g/mol. The summed E-state index contributed by atoms with van der Waals surface area (Å²) >= 11 is 0. The van der Waals surface area contributed by atoms with Gasteiger partial charge in [-0.25, -0.2) is 9.37 Å². The van der Waals surface area contributed by atoms with Crippen molar-refractivity contribution in [3.05, 3.63) is 41.8 Å². The Morgan fingerprint density at radius 2 is 1.84 bits per heavy atom. The molecule has 0 radical (unpaired) electrons. The third-order valence-electron chi connectivity index (χ3n) is 4.12. The largest absolute Gasteiger partial charge is 0.372 e. The molecule has 6 heteroatoms. The number of aryl methyl sites for hydroxylation is 1. The molecule has 0 amide bonds. The molecule has 2 aromatic rings. The van der Waals surface area contributed by atoms with Gasteiger partial charge in [-0.3, -0.25) is 0 Å². The fourth-order valence-electron chi connectivity index (χ4n) is 3.11. The van der Waals surface area contributed by atoms with E-state index in [9.17, 15) is 4.39 Å². The summed E-state index contributed by atoms with van der Waals surface area (Å²) in [5.74, 6) is 1.19. The number of ether oxygens (including phenoxy) is 1. The van der Waals surface area contributed by atoms with Crippen molar-refractivity contribution in [2.24, 2.45) is 0 Å². The van der Waals surface area contributed by atoms with Gasteiger partial charge in [-0.05, 0) is 44.5 Å². The van der Waals surface area contributed by atoms with Gasteiger partial charge in [0.05, 0.1) is 12.2 Å². The Morgan fingerprint density at radius 3 is 2.48 bits per heavy atom. The molecule has 1 aromatic heterocycles. The molecule has 1 aliphatic heterocycles. The second-order valence-electron chi connectivity index (χ2n) is 6.59. The maximum atomic E-state index is 13.1. The Morgan fingerprint density at radius 1 is 1.16 bits per heavy atom. The van der Waals surface area contributed by atoms with Crippen LogP contribution in [0.2, 0.25) is 0 Å². The van der Waals surface area contributed by atoms with Crippen molar-refractivity contribution in [3.8, 4) is 0 Å². The van der Waals surface area contributed by atoms with Crippen LogP contribution in [0.25, 0.3) is 0 Å². The standard InChI is InChI=1S/C19H25FN4O/c1-4-5-17-10-18(24-11-13(2)25-14(3)12-24)23-19(22-17)21-16-8-6-15(20)7-9-16/h6-10,13-14H,4-5,11-12H2,1-3H3,(H,21,22,23). The Hall–Kier alpha value is -2.21. The number of morpholine rings is 1. The quantitative estimate of drug-likeness (QED) is 0.891. The van der Waals surface area contributed by atoms with E-state index in [1.165, 1.54) is 12.1 Å². The van der Waals surface area contributed by atoms with Gasteiger partial charge in [0, 0.05) is 30.5 Å². The van der Waals surface area contributed by atoms with Gasteiger partial charge in [0.25, 0.3) is 0 Å². The molecule has 2 unspecified atom stereocenters. The van der Waals surface area contributed by atoms with Crippen molar-refractivity contribution in [1.82, 2.24) is 9.97 Å². The van der Waals surface area contributed by atoms with E-state index in [1.807, 2.05) is 0 Å². The van der Waals surface area contributed by atoms with Crippen LogP contribution in [0.1, 0.15) is 32.9 Å². The summed E-state index contributed by atoms with van der Waals surface area (Å²) in [6.07, 6.45) is 2.24. The van der Waals surface area contributed by atoms with Crippen molar-refractivity contribution in [3.63, 3.8) is 0 Å². The average Bonchev–Trinajstić information content (AvgIpc) is 2.56. The van der Waals surface area contributed by atoms with Crippen molar-refractivity contribution in [1.29, 1.82) is 0 Å². The van der Waals surface area contributed by atoms with Gasteiger partial charge >= 0.3 is 0 Å². The molecular formula is C19H25FN4O. The number of nitrogens with one attached hydrogen (secondary N) is 1. The zero-order chi connectivity index (χ0) is 17.8. The Kier molecular flexibility index (Phi) is 5.48. The highest BCUT2D eigenvalue weighted by atomic mass is 19.1. The van der Waals surface area contributed by atoms with Crippen LogP contribution in [0.4, 0.5) is 21.8 Å². The predicted molar refractivity (Wildman–Crippen MR) is 97.9 cm³/mol. The van der Waals surface area contributed by atoms with E-state index in [-0.39, 0.29) is 18.0 Å². The molecule has 134 valence electrons. The lowest BCUT2D eigenvalue weighted by molar-refractivity contribution is -0.00546. The minimum Gasteiger partial charge on any atom is -0.372 e. The van der Waals surface area contributed by atoms with Crippen molar-refractivity contribution in [2.45, 2.75) is 45.8 Å². The van der Waals surface area contributed by atoms with Crippen LogP contribution in [0.3, 0.4) is 0 Å². The third kappa shape index (κ3) is 4.66. The maximum absolute atomic E-state index is 13.1. The number of nitrogens with zero attached hydrogens (tertiary/aromatic N) is 3. The van der Waals surface area contributed by atoms with E-state index in [4.69, 9.17) is 4.74 Å². The van der Waals surface area contributed by atoms with Crippen molar-refractivity contribution >= 4 is 17.5 Å². The number of anilines is 3. The molecule has 1 N–H and O–H groups in total. The third-order valence-corrected chi connectivity index (χ3v) is 4.12. The smallest absolute Gasteiger partial charge is 0.229 e. The van der Waals surface area contributed by atoms with E-state index in [0.717, 1.165) is 43.1 Å². The number of hydrogen-bond donors (Lipinski definition) is 1. The molecule has 0 aliphatic carbocycles. The van der Waals surface area contributed by atoms with Gasteiger partial charge in [0.15, 0.2) is 0 Å². The summed E-state index contributed by atoms with van der Waals surface area (Å²) in [5.41, 5.74) is 1.77. The van der Waals surface area contributed by atoms with Crippen LogP contribution in [-0.2, 0) is 11.2 Å². The first-order valence-corrected chi connectivity index (χ1v) is 8.84. The molecule has 0 spiro atoms. The highest BCUT2D eigenvalue weighted by molar-refractivity contribution is 5.55. The van der Waals surface area contributed by atoms with E-state index < -0.39 is 0 Å². The predicted octanol–water partition coefficient (Wildman–Crippen LogP) is 3.93. The molecule has 2 atom stereocenters. The van der Waals surface area contributed by atoms with Gasteiger partial charge in [-0.2, -0.15) is 4.98 Å². The lowest BCUT2D eigenvalue weighted by Gasteiger charge is -2.36. The second-order valence-corrected chi connectivity index (χ2v) is 6.59. The summed E-state index contributed by atoms with van der Waals surface area (Å²) < 4.78 is 18.9. The normalized spacial score (nSPS) is 20.6. The fourth-order valence-corrected chi connectivity index (χ4v) is 3.11. The molecule has 25 heavy (non-hydrogen) atoms. The molecule has 2 heterocycles. The summed E-state index contributed by atoms with van der Waals surface area (Å²) in [6.45, 7) is 7.91. The molecule has 1 saturated heterocycles. The lowest BCUT2D eigenvalue weighted by Crippen LogP contribution is -2.46. The van der Waals surface area contributed by atoms with Gasteiger partial charge in [-0.1, -0.05) is 13.3 Å². The highest BCUT2D eigenvalue weighted by Crippen LogP contribution is 2.23. The highest BCUT2D eigenvalue weighted by Gasteiger charge is 2.24. The number of rotatable bonds is 5. The van der Waals surface area contributed by atoms with E-state index in [1.54, 1.807) is 12.1 Å². The topological polar surface area (TPSA) is 50.3 Å². The molecule has 1 aromatic carbocycles. The molecule has 1 fully saturated rings. The zero-order valence-corrected chi connectivity index (χ0v) is 15.0. The van der Waals surface area contributed by atoms with Crippen LogP contribution < -0.4 is 10.2 Å². The van der Waals surface area contributed by atoms with Crippen LogP contribution >= 0.6 is 0 Å². The first-order chi connectivity index (χ1) is 12.0. The minimum absolute atomic E-state index is 0.168. The van der Waals surface area contributed by atoms with Crippen LogP contribution in [0.5, 0.6) is 0 Å². The summed E-state index contributed by atoms with van der Waals surface area (Å²) in [6, 6.07) is 8.27. The SMILES string of the molecule is CCCc1cc(N2CC(C)OC(C)C2)nc(Nc2ccc(F)cc2)n1. The van der Waals surface area contributed by atoms with E-state index in [2.05, 4.69) is 47.0 Å². The Balaban J connectivity index is 1.87. The van der Waals surface area contributed by atoms with E-state index >= 15 is 0 Å². The number of halogens is 1. The molecule has 5 nitrogen and oxygen atoms in total. The zero-order valence-electron chi connectivity index (χ0n) is 15.0. The van der Waals surface area contributed by atoms with Crippen molar-refractivity contribution in [2.75, 3.05) is 23.3 Å². The maximum Gasteiger partial charge on any atom is 0.229 e. The summed E-state index contributed by atoms with van der Waals surface area (Å²) in [5, 5.41) is 3.19. The average molecular weight is 344 g/mol. The summed E-state index contributed by atoms with van der Waals surface area (Å²) in [4.78, 5) is 11.5.